The van der Waals surface area contributed by atoms with Crippen LogP contribution in [-0.4, -0.2) is 97.2 Å². The number of nitrogens with zero attached hydrogens (tertiary/aromatic N) is 3. The summed E-state index contributed by atoms with van der Waals surface area (Å²) in [5, 5.41) is 0. The van der Waals surface area contributed by atoms with Gasteiger partial charge in [0.1, 0.15) is 90.5 Å². The van der Waals surface area contributed by atoms with E-state index in [1.54, 1.807) is 4.90 Å². The Morgan fingerprint density at radius 3 is 1.37 bits per heavy atom. The molecule has 1 aromatic heterocycles. The second kappa shape index (κ2) is 18.8. The van der Waals surface area contributed by atoms with Crippen molar-refractivity contribution in [2.75, 3.05) is 33.5 Å². The van der Waals surface area contributed by atoms with Crippen LogP contribution in [0.4, 0.5) is 51.2 Å². The van der Waals surface area contributed by atoms with E-state index in [4.69, 9.17) is 82.9 Å². The highest BCUT2D eigenvalue weighted by atomic mass is 32.3. The number of fused-ring (bicyclic) bond motifs is 1. The van der Waals surface area contributed by atoms with Crippen LogP contribution in [0.1, 0.15) is 83.8 Å². The Balaban J connectivity index is 1.41. The predicted octanol–water partition coefficient (Wildman–Crippen LogP) is 4.63. The lowest BCUT2D eigenvalue weighted by Crippen LogP contribution is -2.59. The fourth-order valence-corrected chi connectivity index (χ4v) is 10.8. The standard InChI is InChI=1S/C56H53B10N3OS/c1-30-25-36(28-37(26-30)68(33-17-15-31(16-18-33)54(2,3)4)39-29-70-53-40(39)55(5,6)23-24-56(53,7)8)67(32-19-21-38(22-20-32)71(9,10)11)34-13-12-14-35(27-34)69(51-47(63)43(59)41(57)44(60)48(51)64)52-49(65)45(61)42(58)46(62)50(52)66/h12-22,25-29H,23-24H2,1-11H3. The lowest BCUT2D eigenvalue weighted by atomic mass is 9.60. The van der Waals surface area contributed by atoms with Gasteiger partial charge in [0.05, 0.1) is 5.69 Å². The van der Waals surface area contributed by atoms with Gasteiger partial charge in [-0.2, -0.15) is 0 Å². The molecule has 71 heavy (non-hydrogen) atoms. The number of hydrogen-bond acceptors (Lipinski definition) is 4. The van der Waals surface area contributed by atoms with Crippen LogP contribution < -0.4 is 69.3 Å². The molecule has 0 aliphatic heterocycles. The summed E-state index contributed by atoms with van der Waals surface area (Å²) in [6.45, 7) is 18.0. The largest absolute Gasteiger partial charge is 0.466 e. The molecule has 8 rings (SSSR count). The first kappa shape index (κ1) is 52.3. The summed E-state index contributed by atoms with van der Waals surface area (Å²) in [6.07, 6.45) is 10.8. The molecule has 0 fully saturated rings. The molecule has 0 unspecified atom stereocenters. The summed E-state index contributed by atoms with van der Waals surface area (Å²) in [4.78, 5) is 7.49. The van der Waals surface area contributed by atoms with Gasteiger partial charge in [0.2, 0.25) is 0 Å². The van der Waals surface area contributed by atoms with E-state index in [2.05, 4.69) is 151 Å². The van der Waals surface area contributed by atoms with Gasteiger partial charge in [0, 0.05) is 56.5 Å². The highest BCUT2D eigenvalue weighted by Gasteiger charge is 2.43. The summed E-state index contributed by atoms with van der Waals surface area (Å²) in [7, 11) is 65.2. The zero-order chi connectivity index (χ0) is 52.0. The van der Waals surface area contributed by atoms with Gasteiger partial charge >= 0.3 is 0 Å². The molecule has 6 aromatic carbocycles. The average Bonchev–Trinajstić information content (AvgIpc) is 3.77. The van der Waals surface area contributed by atoms with Crippen molar-refractivity contribution in [3.8, 4) is 0 Å². The second-order valence-electron chi connectivity index (χ2n) is 22.1. The van der Waals surface area contributed by atoms with Crippen molar-refractivity contribution in [2.45, 2.75) is 89.4 Å². The predicted molar refractivity (Wildman–Crippen MR) is 319 cm³/mol. The summed E-state index contributed by atoms with van der Waals surface area (Å²) in [6, 6.07) is 32.1. The Labute approximate surface area is 438 Å². The number of benzene rings is 6. The molecular weight excluding hydrogens is 871 g/mol. The molecule has 0 saturated heterocycles. The number of hydrogen-bond donors (Lipinski definition) is 0. The maximum absolute atomic E-state index is 6.85. The van der Waals surface area contributed by atoms with Crippen molar-refractivity contribution >= 4 is 194 Å². The van der Waals surface area contributed by atoms with Gasteiger partial charge in [-0.15, -0.1) is 32.8 Å². The van der Waals surface area contributed by atoms with E-state index in [9.17, 15) is 0 Å². The smallest absolute Gasteiger partial charge is 0.115 e. The maximum atomic E-state index is 6.85. The van der Waals surface area contributed by atoms with Crippen molar-refractivity contribution in [3.05, 3.63) is 120 Å². The number of rotatable bonds is 10. The van der Waals surface area contributed by atoms with Crippen LogP contribution in [-0.2, 0) is 16.2 Å². The van der Waals surface area contributed by atoms with E-state index >= 15 is 0 Å². The van der Waals surface area contributed by atoms with Crippen molar-refractivity contribution in [1.82, 2.24) is 0 Å². The van der Waals surface area contributed by atoms with E-state index < -0.39 is 10.0 Å². The number of aryl methyl sites for hydroxylation is 1. The van der Waals surface area contributed by atoms with E-state index in [0.717, 1.165) is 58.3 Å². The minimum Gasteiger partial charge on any atom is -0.466 e. The first-order valence-electron chi connectivity index (χ1n) is 23.7. The Hall–Kier alpha value is -5.00. The third-order valence-corrected chi connectivity index (χ3v) is 15.9. The Kier molecular flexibility index (Phi) is 13.9. The highest BCUT2D eigenvalue weighted by Crippen LogP contribution is 2.54. The lowest BCUT2D eigenvalue weighted by molar-refractivity contribution is 0.278. The monoisotopic (exact) mass is 925 g/mol. The molecule has 0 saturated carbocycles. The van der Waals surface area contributed by atoms with Crippen LogP contribution in [0.5, 0.6) is 0 Å². The van der Waals surface area contributed by atoms with Gasteiger partial charge in [0.15, 0.2) is 0 Å². The van der Waals surface area contributed by atoms with Gasteiger partial charge in [-0.1, -0.05) is 88.5 Å². The second-order valence-corrected chi connectivity index (χ2v) is 26.3. The average molecular weight is 924 g/mol. The fourth-order valence-electron chi connectivity index (χ4n) is 9.81. The summed E-state index contributed by atoms with van der Waals surface area (Å²) >= 11 is 0. The van der Waals surface area contributed by atoms with Crippen LogP contribution >= 0.6 is 10.0 Å². The molecule has 4 nitrogen and oxygen atoms in total. The highest BCUT2D eigenvalue weighted by molar-refractivity contribution is 8.32. The van der Waals surface area contributed by atoms with E-state index in [0.29, 0.717) is 5.69 Å². The van der Waals surface area contributed by atoms with E-state index in [1.165, 1.54) is 16.0 Å². The summed E-state index contributed by atoms with van der Waals surface area (Å²) in [5.41, 5.74) is 9.88. The van der Waals surface area contributed by atoms with Gasteiger partial charge in [0.25, 0.3) is 0 Å². The molecule has 0 bridgehead atoms. The van der Waals surface area contributed by atoms with Crippen LogP contribution in [0, 0.1) is 6.92 Å². The van der Waals surface area contributed by atoms with E-state index in [1.807, 2.05) is 30.5 Å². The SMILES string of the molecule is [B]c1c([B])c([B])c(N(c2cccc(N(c3ccc(S(C)(C)C)cc3)c3cc(C)cc(N(c4ccc(C(C)(C)C)cc4)c4coc5c4C(C)(C)CCC5(C)C)c3)c2)c2c([B])c([B])c([B])c([B])c2[B])c([B])c1[B]. The maximum Gasteiger partial charge on any atom is 0.115 e. The molecular formula is C56H53B10N3OS. The molecule has 0 spiro atoms. The minimum atomic E-state index is -1.06. The van der Waals surface area contributed by atoms with Gasteiger partial charge in [-0.25, -0.2) is 10.0 Å². The minimum absolute atomic E-state index is 0.0276. The molecule has 1 heterocycles. The number of furan rings is 1. The van der Waals surface area contributed by atoms with Crippen molar-refractivity contribution < 1.29 is 4.42 Å². The van der Waals surface area contributed by atoms with Gasteiger partial charge in [-0.05, 0) is 138 Å². The van der Waals surface area contributed by atoms with Crippen molar-refractivity contribution in [3.63, 3.8) is 0 Å². The summed E-state index contributed by atoms with van der Waals surface area (Å²) < 4.78 is 6.67. The topological polar surface area (TPSA) is 22.9 Å². The number of anilines is 9. The Morgan fingerprint density at radius 2 is 0.887 bits per heavy atom. The zero-order valence-corrected chi connectivity index (χ0v) is 43.9. The Morgan fingerprint density at radius 1 is 0.479 bits per heavy atom. The van der Waals surface area contributed by atoms with Crippen molar-refractivity contribution in [1.29, 1.82) is 0 Å². The molecule has 334 valence electrons. The van der Waals surface area contributed by atoms with Crippen LogP contribution in [0.25, 0.3) is 0 Å². The normalized spacial score (nSPS) is 14.5. The van der Waals surface area contributed by atoms with Crippen LogP contribution in [0.3, 0.4) is 0 Å². The quantitative estimate of drug-likeness (QED) is 0.187. The first-order valence-corrected chi connectivity index (χ1v) is 26.6. The zero-order valence-electron chi connectivity index (χ0n) is 43.1. The molecule has 15 heteroatoms. The summed E-state index contributed by atoms with van der Waals surface area (Å²) in [5.74, 6) is 1.02. The van der Waals surface area contributed by atoms with E-state index in [-0.39, 0.29) is 82.2 Å². The fraction of sp³-hybridized carbons (Fsp3) is 0.286. The first-order chi connectivity index (χ1) is 33.0. The molecule has 7 aromatic rings. The van der Waals surface area contributed by atoms with Crippen LogP contribution in [0.15, 0.2) is 107 Å². The lowest BCUT2D eigenvalue weighted by Gasteiger charge is -2.40. The van der Waals surface area contributed by atoms with Crippen molar-refractivity contribution in [2.24, 2.45) is 0 Å². The Bertz CT molecular complexity index is 3080. The molecule has 0 atom stereocenters. The van der Waals surface area contributed by atoms with Gasteiger partial charge < -0.3 is 19.1 Å². The molecule has 20 radical (unpaired) electrons. The van der Waals surface area contributed by atoms with Crippen LogP contribution in [0.2, 0.25) is 0 Å². The molecule has 1 aliphatic rings. The van der Waals surface area contributed by atoms with Gasteiger partial charge in [-0.3, -0.25) is 0 Å². The third kappa shape index (κ3) is 9.48. The molecule has 1 aliphatic carbocycles. The molecule has 0 N–H and O–H groups in total. The molecule has 0 amide bonds. The third-order valence-electron chi connectivity index (χ3n) is 14.2.